The minimum absolute atomic E-state index is 0.140. The number of hydrogen-bond acceptors (Lipinski definition) is 1. The Morgan fingerprint density at radius 2 is 1.18 bits per heavy atom. The van der Waals surface area contributed by atoms with Crippen molar-refractivity contribution in [2.75, 3.05) is 0 Å². The van der Waals surface area contributed by atoms with Crippen molar-refractivity contribution in [3.63, 3.8) is 0 Å². The van der Waals surface area contributed by atoms with Crippen molar-refractivity contribution in [2.45, 2.75) is 43.9 Å². The van der Waals surface area contributed by atoms with Gasteiger partial charge in [0, 0.05) is 78.8 Å². The second-order valence-electron chi connectivity index (χ2n) is 16.1. The highest BCUT2D eigenvalue weighted by Gasteiger charge is 2.49. The van der Waals surface area contributed by atoms with Gasteiger partial charge in [0.1, 0.15) is 11.2 Å². The molecule has 4 atom stereocenters. The van der Waals surface area contributed by atoms with Crippen LogP contribution in [0.15, 0.2) is 114 Å². The van der Waals surface area contributed by atoms with Crippen molar-refractivity contribution in [1.29, 1.82) is 0 Å². The van der Waals surface area contributed by atoms with Crippen LogP contribution in [0.3, 0.4) is 0 Å². The number of fused-ring (bicyclic) bond motifs is 16. The second-order valence-corrected chi connectivity index (χ2v) is 16.1. The van der Waals surface area contributed by atoms with Gasteiger partial charge in [-0.05, 0) is 89.4 Å². The SMILES string of the molecule is CC1(C)c2cc(-n3c4c(c5c3C3CC3C=C5)C=CC3CC43)ccc2-c2ccc(-n3c4ccccc4c4cc5c(cc43)oc3ccccc35)cc21. The van der Waals surface area contributed by atoms with E-state index in [9.17, 15) is 0 Å². The molecule has 5 aromatic carbocycles. The van der Waals surface area contributed by atoms with Gasteiger partial charge in [0.2, 0.25) is 0 Å². The van der Waals surface area contributed by atoms with Crippen LogP contribution in [0.1, 0.15) is 72.2 Å². The highest BCUT2D eigenvalue weighted by atomic mass is 16.3. The molecule has 5 aliphatic rings. The van der Waals surface area contributed by atoms with Gasteiger partial charge >= 0.3 is 0 Å². The fourth-order valence-corrected chi connectivity index (χ4v) is 10.4. The van der Waals surface area contributed by atoms with Gasteiger partial charge in [0.05, 0.1) is 11.0 Å². The molecule has 2 fully saturated rings. The van der Waals surface area contributed by atoms with Crippen LogP contribution in [0.2, 0.25) is 0 Å². The predicted octanol–water partition coefficient (Wildman–Crippen LogP) is 12.0. The number of hydrogen-bond donors (Lipinski definition) is 0. The molecule has 4 unspecified atom stereocenters. The molecule has 0 radical (unpaired) electrons. The summed E-state index contributed by atoms with van der Waals surface area (Å²) in [5.41, 5.74) is 18.3. The zero-order valence-corrected chi connectivity index (χ0v) is 28.1. The minimum Gasteiger partial charge on any atom is -0.456 e. The first kappa shape index (κ1) is 26.3. The summed E-state index contributed by atoms with van der Waals surface area (Å²) in [5, 5.41) is 4.86. The third-order valence-corrected chi connectivity index (χ3v) is 13.1. The molecule has 3 aromatic heterocycles. The standard InChI is InChI=1S/C47H34N2O/c1-47(2)39-21-27(48-41-9-5-3-7-31(41)37-23-38-32-8-4-6-10-43(32)50-44(38)24-42(37)48)13-17-29(39)30-18-14-28(22-40(30)47)49-45-33(15-11-25-19-35(25)45)34-16-12-26-20-36(26)46(34)49/h3-18,21-26,35-36H,19-20H2,1-2H3. The number of aromatic nitrogens is 2. The number of para-hydroxylation sites is 2. The number of benzene rings is 5. The third-order valence-electron chi connectivity index (χ3n) is 13.1. The minimum atomic E-state index is -0.140. The number of nitrogens with zero attached hydrogens (tertiary/aromatic N) is 2. The van der Waals surface area contributed by atoms with Gasteiger partial charge in [-0.15, -0.1) is 0 Å². The fourth-order valence-electron chi connectivity index (χ4n) is 10.4. The largest absolute Gasteiger partial charge is 0.456 e. The normalized spacial score (nSPS) is 22.8. The molecule has 2 saturated carbocycles. The summed E-state index contributed by atoms with van der Waals surface area (Å²) < 4.78 is 11.6. The molecule has 5 aliphatic carbocycles. The lowest BCUT2D eigenvalue weighted by Crippen LogP contribution is -2.16. The molecule has 3 heterocycles. The van der Waals surface area contributed by atoms with Crippen molar-refractivity contribution < 1.29 is 4.42 Å². The molecule has 8 aromatic rings. The first-order valence-electron chi connectivity index (χ1n) is 18.3. The maximum Gasteiger partial charge on any atom is 0.137 e. The topological polar surface area (TPSA) is 23.0 Å². The summed E-state index contributed by atoms with van der Waals surface area (Å²) in [4.78, 5) is 0. The Bertz CT molecular complexity index is 2890. The van der Waals surface area contributed by atoms with E-state index >= 15 is 0 Å². The van der Waals surface area contributed by atoms with Crippen LogP contribution in [-0.2, 0) is 5.41 Å². The molecule has 3 heteroatoms. The van der Waals surface area contributed by atoms with E-state index in [0.29, 0.717) is 23.7 Å². The van der Waals surface area contributed by atoms with Crippen LogP contribution < -0.4 is 0 Å². The van der Waals surface area contributed by atoms with Gasteiger partial charge in [-0.1, -0.05) is 86.7 Å². The zero-order chi connectivity index (χ0) is 32.6. The maximum atomic E-state index is 6.40. The number of rotatable bonds is 2. The fraction of sp³-hybridized carbons (Fsp3) is 0.191. The Hall–Kier alpha value is -5.54. The maximum absolute atomic E-state index is 6.40. The first-order valence-corrected chi connectivity index (χ1v) is 18.3. The molecule has 238 valence electrons. The van der Waals surface area contributed by atoms with Crippen molar-refractivity contribution in [3.05, 3.63) is 143 Å². The highest BCUT2D eigenvalue weighted by Crippen LogP contribution is 2.61. The predicted molar refractivity (Wildman–Crippen MR) is 205 cm³/mol. The van der Waals surface area contributed by atoms with Crippen molar-refractivity contribution in [2.24, 2.45) is 11.8 Å². The van der Waals surface area contributed by atoms with Gasteiger partial charge < -0.3 is 13.6 Å². The summed E-state index contributed by atoms with van der Waals surface area (Å²) in [5.74, 6) is 2.77. The molecule has 0 N–H and O–H groups in total. The van der Waals surface area contributed by atoms with E-state index in [4.69, 9.17) is 4.42 Å². The van der Waals surface area contributed by atoms with Crippen LogP contribution in [0, 0.1) is 11.8 Å². The van der Waals surface area contributed by atoms with E-state index in [1.54, 1.807) is 11.4 Å². The molecule has 0 saturated heterocycles. The van der Waals surface area contributed by atoms with E-state index in [-0.39, 0.29) is 5.41 Å². The second kappa shape index (κ2) is 8.60. The zero-order valence-electron chi connectivity index (χ0n) is 28.1. The molecule has 0 aliphatic heterocycles. The van der Waals surface area contributed by atoms with E-state index in [1.807, 2.05) is 6.07 Å². The summed E-state index contributed by atoms with van der Waals surface area (Å²) in [7, 11) is 0. The Kier molecular flexibility index (Phi) is 4.53. The first-order chi connectivity index (χ1) is 24.5. The van der Waals surface area contributed by atoms with Gasteiger partial charge in [0.25, 0.3) is 0 Å². The molecule has 0 amide bonds. The van der Waals surface area contributed by atoms with Gasteiger partial charge in [-0.25, -0.2) is 0 Å². The molecule has 50 heavy (non-hydrogen) atoms. The monoisotopic (exact) mass is 642 g/mol. The van der Waals surface area contributed by atoms with E-state index in [0.717, 1.165) is 11.2 Å². The average Bonchev–Trinajstić information content (AvgIpc) is 4.00. The lowest BCUT2D eigenvalue weighted by Gasteiger charge is -2.24. The van der Waals surface area contributed by atoms with Gasteiger partial charge in [0.15, 0.2) is 0 Å². The van der Waals surface area contributed by atoms with E-state index in [1.165, 1.54) is 90.2 Å². The molecule has 0 spiro atoms. The molecular weight excluding hydrogens is 609 g/mol. The summed E-state index contributed by atoms with van der Waals surface area (Å²) in [6, 6.07) is 36.3. The van der Waals surface area contributed by atoms with Crippen molar-refractivity contribution in [1.82, 2.24) is 9.13 Å². The Balaban J connectivity index is 0.992. The van der Waals surface area contributed by atoms with Crippen molar-refractivity contribution in [3.8, 4) is 22.5 Å². The number of furan rings is 1. The van der Waals surface area contributed by atoms with Crippen LogP contribution in [0.25, 0.3) is 78.4 Å². The molecule has 3 nitrogen and oxygen atoms in total. The van der Waals surface area contributed by atoms with Crippen LogP contribution in [0.5, 0.6) is 0 Å². The summed E-state index contributed by atoms with van der Waals surface area (Å²) in [6.07, 6.45) is 12.4. The number of allylic oxidation sites excluding steroid dienone is 2. The molecule has 13 rings (SSSR count). The van der Waals surface area contributed by atoms with E-state index < -0.39 is 0 Å². The smallest absolute Gasteiger partial charge is 0.137 e. The summed E-state index contributed by atoms with van der Waals surface area (Å²) in [6.45, 7) is 4.85. The lowest BCUT2D eigenvalue weighted by molar-refractivity contribution is 0.658. The van der Waals surface area contributed by atoms with Crippen LogP contribution >= 0.6 is 0 Å². The third kappa shape index (κ3) is 3.14. The Labute approximate surface area is 289 Å². The summed E-state index contributed by atoms with van der Waals surface area (Å²) >= 11 is 0. The Morgan fingerprint density at radius 3 is 1.88 bits per heavy atom. The van der Waals surface area contributed by atoms with Crippen LogP contribution in [0.4, 0.5) is 0 Å². The quantitative estimate of drug-likeness (QED) is 0.184. The Morgan fingerprint density at radius 1 is 0.560 bits per heavy atom. The van der Waals surface area contributed by atoms with Crippen LogP contribution in [-0.4, -0.2) is 9.13 Å². The molecule has 0 bridgehead atoms. The lowest BCUT2D eigenvalue weighted by atomic mass is 9.82. The van der Waals surface area contributed by atoms with Crippen molar-refractivity contribution >= 4 is 55.9 Å². The molecular formula is C47H34N2O. The average molecular weight is 643 g/mol. The van der Waals surface area contributed by atoms with Gasteiger partial charge in [-0.2, -0.15) is 0 Å². The van der Waals surface area contributed by atoms with E-state index in [2.05, 4.69) is 138 Å². The highest BCUT2D eigenvalue weighted by molar-refractivity contribution is 6.17. The van der Waals surface area contributed by atoms with Gasteiger partial charge in [-0.3, -0.25) is 0 Å².